The minimum atomic E-state index is -4.04. The van der Waals surface area contributed by atoms with E-state index >= 15 is 0 Å². The van der Waals surface area contributed by atoms with Crippen LogP contribution >= 0.6 is 11.6 Å². The first-order valence-corrected chi connectivity index (χ1v) is 12.3. The molecule has 1 heterocycles. The topological polar surface area (TPSA) is 66.5 Å². The van der Waals surface area contributed by atoms with E-state index in [1.54, 1.807) is 30.3 Å². The summed E-state index contributed by atoms with van der Waals surface area (Å²) < 4.78 is 28.0. The molecule has 0 spiro atoms. The van der Waals surface area contributed by atoms with Gasteiger partial charge in [0.2, 0.25) is 0 Å². The van der Waals surface area contributed by atoms with E-state index in [0.717, 1.165) is 23.6 Å². The number of hydrogen-bond donors (Lipinski definition) is 1. The van der Waals surface area contributed by atoms with Gasteiger partial charge in [-0.1, -0.05) is 53.6 Å². The third-order valence-electron chi connectivity index (χ3n) is 5.80. The molecule has 1 aliphatic heterocycles. The van der Waals surface area contributed by atoms with Crippen molar-refractivity contribution in [2.24, 2.45) is 0 Å². The quantitative estimate of drug-likeness (QED) is 0.651. The molecule has 1 aliphatic carbocycles. The van der Waals surface area contributed by atoms with Gasteiger partial charge in [-0.3, -0.25) is 9.10 Å². The predicted octanol–water partition coefficient (Wildman–Crippen LogP) is 4.89. The average molecular weight is 457 g/mol. The van der Waals surface area contributed by atoms with Crippen molar-refractivity contribution < 1.29 is 13.2 Å². The van der Waals surface area contributed by atoms with Gasteiger partial charge in [-0.25, -0.2) is 8.42 Å². The predicted molar refractivity (Wildman–Crippen MR) is 125 cm³/mol. The monoisotopic (exact) mass is 456 g/mol. The van der Waals surface area contributed by atoms with Crippen molar-refractivity contribution in [1.82, 2.24) is 5.32 Å². The van der Waals surface area contributed by atoms with Crippen molar-refractivity contribution >= 4 is 38.8 Å². The zero-order valence-corrected chi connectivity index (χ0v) is 19.0. The lowest BCUT2D eigenvalue weighted by Crippen LogP contribution is -2.39. The Morgan fingerprint density at radius 3 is 2.61 bits per heavy atom. The fraction of sp³-hybridized carbons (Fsp3) is 0.292. The maximum Gasteiger partial charge on any atom is 0.270 e. The molecule has 0 saturated heterocycles. The number of halogens is 1. The molecule has 0 fully saturated rings. The number of sulfonamides is 1. The molecule has 0 atom stereocenters. The van der Waals surface area contributed by atoms with Crippen LogP contribution in [0, 0.1) is 0 Å². The van der Waals surface area contributed by atoms with E-state index in [4.69, 9.17) is 11.6 Å². The molecule has 5 nitrogen and oxygen atoms in total. The molecular formula is C24H25ClN2O3S. The van der Waals surface area contributed by atoms with Crippen LogP contribution in [0.1, 0.15) is 43.2 Å². The third-order valence-corrected chi connectivity index (χ3v) is 7.86. The number of nitrogens with one attached hydrogen (secondary N) is 1. The molecule has 0 unspecified atom stereocenters. The highest BCUT2D eigenvalue weighted by Crippen LogP contribution is 2.43. The summed E-state index contributed by atoms with van der Waals surface area (Å²) >= 11 is 6.25. The third kappa shape index (κ3) is 4.27. The van der Waals surface area contributed by atoms with E-state index < -0.39 is 15.9 Å². The van der Waals surface area contributed by atoms with Gasteiger partial charge in [0.25, 0.3) is 15.9 Å². The van der Waals surface area contributed by atoms with Crippen molar-refractivity contribution in [2.45, 2.75) is 32.1 Å². The first kappa shape index (κ1) is 21.7. The summed E-state index contributed by atoms with van der Waals surface area (Å²) in [4.78, 5) is 13.0. The highest BCUT2D eigenvalue weighted by molar-refractivity contribution is 7.97. The van der Waals surface area contributed by atoms with Crippen LogP contribution in [-0.4, -0.2) is 27.9 Å². The van der Waals surface area contributed by atoms with E-state index in [-0.39, 0.29) is 4.91 Å². The number of carbonyl (C=O) groups excluding carboxylic acids is 1. The number of rotatable bonds is 5. The molecule has 2 aliphatic rings. The number of amides is 1. The van der Waals surface area contributed by atoms with Gasteiger partial charge in [-0.2, -0.15) is 0 Å². The lowest BCUT2D eigenvalue weighted by Gasteiger charge is -2.31. The largest absolute Gasteiger partial charge is 0.351 e. The van der Waals surface area contributed by atoms with Gasteiger partial charge in [0.15, 0.2) is 4.91 Å². The second-order valence-corrected chi connectivity index (χ2v) is 10.2. The molecule has 0 aromatic heterocycles. The highest BCUT2D eigenvalue weighted by atomic mass is 35.5. The van der Waals surface area contributed by atoms with E-state index in [0.29, 0.717) is 34.0 Å². The number of benzene rings is 2. The van der Waals surface area contributed by atoms with E-state index in [9.17, 15) is 13.2 Å². The second kappa shape index (κ2) is 8.89. The minimum Gasteiger partial charge on any atom is -0.351 e. The molecule has 0 radical (unpaired) electrons. The standard InChI is InChI=1S/C24H25ClN2O3S/c1-27-21-13-12-19(25)16-20(21)22(18-10-6-3-7-11-18)23(31(27,29)30)24(28)26-15-14-17-8-4-2-5-9-17/h3,6-8,10-13,16H,2,4-5,9,14-15H2,1H3,(H,26,28). The number of fused-ring (bicyclic) bond motifs is 1. The first-order chi connectivity index (χ1) is 14.9. The minimum absolute atomic E-state index is 0.242. The molecule has 4 rings (SSSR count). The second-order valence-electron chi connectivity index (χ2n) is 7.82. The number of hydrogen-bond acceptors (Lipinski definition) is 3. The summed E-state index contributed by atoms with van der Waals surface area (Å²) in [5.74, 6) is -0.590. The van der Waals surface area contributed by atoms with Gasteiger partial charge < -0.3 is 5.32 Å². The van der Waals surface area contributed by atoms with Crippen LogP contribution in [0.15, 0.2) is 65.1 Å². The molecular weight excluding hydrogens is 432 g/mol. The van der Waals surface area contributed by atoms with E-state index in [1.807, 2.05) is 18.2 Å². The average Bonchev–Trinajstić information content (AvgIpc) is 2.77. The lowest BCUT2D eigenvalue weighted by molar-refractivity contribution is -0.116. The number of allylic oxidation sites excluding steroid dienone is 1. The van der Waals surface area contributed by atoms with Crippen LogP contribution in [0.3, 0.4) is 0 Å². The van der Waals surface area contributed by atoms with Gasteiger partial charge in [-0.05, 0) is 55.9 Å². The van der Waals surface area contributed by atoms with Gasteiger partial charge in [0, 0.05) is 29.8 Å². The number of anilines is 1. The Hall–Kier alpha value is -2.57. The maximum absolute atomic E-state index is 13.4. The molecule has 1 N–H and O–H groups in total. The molecule has 2 aromatic rings. The summed E-state index contributed by atoms with van der Waals surface area (Å²) in [5.41, 5.74) is 3.47. The fourth-order valence-electron chi connectivity index (χ4n) is 4.17. The molecule has 31 heavy (non-hydrogen) atoms. The van der Waals surface area contributed by atoms with Gasteiger partial charge in [0.1, 0.15) is 0 Å². The summed E-state index contributed by atoms with van der Waals surface area (Å²) in [5, 5.41) is 3.32. The van der Waals surface area contributed by atoms with Crippen LogP contribution in [0.5, 0.6) is 0 Å². The first-order valence-electron chi connectivity index (χ1n) is 10.4. The number of carbonyl (C=O) groups is 1. The van der Waals surface area contributed by atoms with Crippen molar-refractivity contribution in [1.29, 1.82) is 0 Å². The van der Waals surface area contributed by atoms with E-state index in [1.165, 1.54) is 25.5 Å². The van der Waals surface area contributed by atoms with Crippen molar-refractivity contribution in [2.75, 3.05) is 17.9 Å². The zero-order valence-electron chi connectivity index (χ0n) is 17.4. The Kier molecular flexibility index (Phi) is 6.21. The van der Waals surface area contributed by atoms with Gasteiger partial charge in [-0.15, -0.1) is 0 Å². The Labute approximate surface area is 188 Å². The molecule has 2 aromatic carbocycles. The van der Waals surface area contributed by atoms with Crippen LogP contribution < -0.4 is 9.62 Å². The lowest BCUT2D eigenvalue weighted by atomic mass is 9.95. The molecule has 0 bridgehead atoms. The van der Waals surface area contributed by atoms with Crippen LogP contribution in [0.25, 0.3) is 5.57 Å². The van der Waals surface area contributed by atoms with Crippen molar-refractivity contribution in [3.8, 4) is 0 Å². The summed E-state index contributed by atoms with van der Waals surface area (Å²) in [6, 6.07) is 14.1. The number of nitrogens with zero attached hydrogens (tertiary/aromatic N) is 1. The SMILES string of the molecule is CN1c2ccc(Cl)cc2C(c2ccccc2)=C(C(=O)NCCC2=CCCCC2)S1(=O)=O. The molecule has 162 valence electrons. The van der Waals surface area contributed by atoms with Crippen LogP contribution in [0.4, 0.5) is 5.69 Å². The Morgan fingerprint density at radius 1 is 1.13 bits per heavy atom. The van der Waals surface area contributed by atoms with Gasteiger partial charge >= 0.3 is 0 Å². The summed E-state index contributed by atoms with van der Waals surface area (Å²) in [6.07, 6.45) is 7.45. The fourth-order valence-corrected chi connectivity index (χ4v) is 5.83. The summed E-state index contributed by atoms with van der Waals surface area (Å²) in [6.45, 7) is 0.401. The molecule has 1 amide bonds. The van der Waals surface area contributed by atoms with Crippen LogP contribution in [0.2, 0.25) is 5.02 Å². The van der Waals surface area contributed by atoms with Gasteiger partial charge in [0.05, 0.1) is 5.69 Å². The zero-order chi connectivity index (χ0) is 22.0. The summed E-state index contributed by atoms with van der Waals surface area (Å²) in [7, 11) is -2.57. The Bertz CT molecular complexity index is 1170. The van der Waals surface area contributed by atoms with Crippen molar-refractivity contribution in [3.63, 3.8) is 0 Å². The Morgan fingerprint density at radius 2 is 1.90 bits per heavy atom. The normalized spacial score (nSPS) is 17.7. The molecule has 0 saturated carbocycles. The van der Waals surface area contributed by atoms with Crippen LogP contribution in [-0.2, 0) is 14.8 Å². The van der Waals surface area contributed by atoms with E-state index in [2.05, 4.69) is 11.4 Å². The smallest absolute Gasteiger partial charge is 0.270 e. The highest BCUT2D eigenvalue weighted by Gasteiger charge is 2.39. The maximum atomic E-state index is 13.4. The Balaban J connectivity index is 1.78. The van der Waals surface area contributed by atoms with Crippen molar-refractivity contribution in [3.05, 3.63) is 81.2 Å². The molecule has 7 heteroatoms.